The number of rotatable bonds is 7. The van der Waals surface area contributed by atoms with Gasteiger partial charge in [0.05, 0.1) is 12.0 Å². The third kappa shape index (κ3) is 5.80. The van der Waals surface area contributed by atoms with Crippen molar-refractivity contribution in [1.29, 1.82) is 0 Å². The molecule has 0 atom stereocenters. The van der Waals surface area contributed by atoms with Crippen molar-refractivity contribution in [3.8, 4) is 11.5 Å². The minimum Gasteiger partial charge on any atom is -0.493 e. The first-order valence-electron chi connectivity index (χ1n) is 10.7. The summed E-state index contributed by atoms with van der Waals surface area (Å²) in [5, 5.41) is 0. The van der Waals surface area contributed by atoms with Crippen molar-refractivity contribution in [1.82, 2.24) is 4.90 Å². The molecule has 2 aromatic carbocycles. The molecule has 5 nitrogen and oxygen atoms in total. The Balaban J connectivity index is 1.69. The van der Waals surface area contributed by atoms with Crippen molar-refractivity contribution in [3.05, 3.63) is 53.1 Å². The van der Waals surface area contributed by atoms with Crippen molar-refractivity contribution in [3.63, 3.8) is 0 Å². The number of aryl methyl sites for hydroxylation is 1. The summed E-state index contributed by atoms with van der Waals surface area (Å²) in [6, 6.07) is 11.7. The summed E-state index contributed by atoms with van der Waals surface area (Å²) in [6.07, 6.45) is 3.15. The molecule has 0 bridgehead atoms. The molecule has 0 unspecified atom stereocenters. The van der Waals surface area contributed by atoms with Crippen molar-refractivity contribution in [2.45, 2.75) is 76.6 Å². The van der Waals surface area contributed by atoms with Gasteiger partial charge in [-0.05, 0) is 88.4 Å². The fourth-order valence-corrected chi connectivity index (χ4v) is 4.59. The van der Waals surface area contributed by atoms with Crippen LogP contribution in [0.4, 0.5) is 0 Å². The zero-order valence-corrected chi connectivity index (χ0v) is 20.6. The van der Waals surface area contributed by atoms with E-state index in [1.807, 2.05) is 39.0 Å². The van der Waals surface area contributed by atoms with E-state index in [0.29, 0.717) is 4.90 Å². The van der Waals surface area contributed by atoms with Crippen LogP contribution in [0.3, 0.4) is 0 Å². The summed E-state index contributed by atoms with van der Waals surface area (Å²) >= 11 is 0. The zero-order valence-electron chi connectivity index (χ0n) is 19.8. The standard InChI is InChI=1S/C25H35NO4S/c1-24(2,3)30-22-11-8-18(14-23(22)29-6)12-13-25(4,5)26-16-19-9-10-21(31(7,27)28)15-20(19)17-26/h8-11,14-15H,12-13,16-17H2,1-7H3. The number of benzene rings is 2. The summed E-state index contributed by atoms with van der Waals surface area (Å²) in [5.74, 6) is 1.52. The smallest absolute Gasteiger partial charge is 0.175 e. The first kappa shape index (κ1) is 23.6. The zero-order chi connectivity index (χ0) is 23.0. The minimum absolute atomic E-state index is 0.0297. The van der Waals surface area contributed by atoms with Crippen LogP contribution in [0.5, 0.6) is 11.5 Å². The first-order valence-corrected chi connectivity index (χ1v) is 12.6. The third-order valence-electron chi connectivity index (χ3n) is 5.85. The van der Waals surface area contributed by atoms with E-state index in [1.54, 1.807) is 13.2 Å². The van der Waals surface area contributed by atoms with E-state index in [0.717, 1.165) is 43.0 Å². The predicted molar refractivity (Wildman–Crippen MR) is 125 cm³/mol. The average Bonchev–Trinajstić information content (AvgIpc) is 3.09. The van der Waals surface area contributed by atoms with Gasteiger partial charge in [0.15, 0.2) is 21.3 Å². The highest BCUT2D eigenvalue weighted by Crippen LogP contribution is 2.35. The molecule has 0 spiro atoms. The van der Waals surface area contributed by atoms with Gasteiger partial charge >= 0.3 is 0 Å². The van der Waals surface area contributed by atoms with Gasteiger partial charge in [-0.25, -0.2) is 8.42 Å². The molecule has 1 aliphatic heterocycles. The Morgan fingerprint density at radius 1 is 0.935 bits per heavy atom. The molecular formula is C25H35NO4S. The number of hydrogen-bond acceptors (Lipinski definition) is 5. The number of sulfone groups is 1. The summed E-state index contributed by atoms with van der Waals surface area (Å²) in [5.41, 5.74) is 3.23. The average molecular weight is 446 g/mol. The van der Waals surface area contributed by atoms with E-state index in [4.69, 9.17) is 9.47 Å². The highest BCUT2D eigenvalue weighted by Gasteiger charge is 2.32. The van der Waals surface area contributed by atoms with E-state index in [2.05, 4.69) is 30.9 Å². The maximum Gasteiger partial charge on any atom is 0.175 e. The van der Waals surface area contributed by atoms with E-state index < -0.39 is 9.84 Å². The monoisotopic (exact) mass is 445 g/mol. The highest BCUT2D eigenvalue weighted by molar-refractivity contribution is 7.90. The molecule has 6 heteroatoms. The summed E-state index contributed by atoms with van der Waals surface area (Å²) < 4.78 is 35.3. The van der Waals surface area contributed by atoms with E-state index in [9.17, 15) is 8.42 Å². The SMILES string of the molecule is COc1cc(CCC(C)(C)N2Cc3ccc(S(C)(=O)=O)cc3C2)ccc1OC(C)(C)C. The van der Waals surface area contributed by atoms with Gasteiger partial charge in [0.1, 0.15) is 5.60 Å². The van der Waals surface area contributed by atoms with Crippen molar-refractivity contribution in [2.75, 3.05) is 13.4 Å². The number of nitrogens with zero attached hydrogens (tertiary/aromatic N) is 1. The van der Waals surface area contributed by atoms with Crippen molar-refractivity contribution < 1.29 is 17.9 Å². The number of hydrogen-bond donors (Lipinski definition) is 0. The van der Waals surface area contributed by atoms with Crippen LogP contribution >= 0.6 is 0 Å². The lowest BCUT2D eigenvalue weighted by molar-refractivity contribution is 0.109. The molecule has 0 aromatic heterocycles. The number of methoxy groups -OCH3 is 1. The van der Waals surface area contributed by atoms with Gasteiger partial charge in [-0.3, -0.25) is 4.90 Å². The molecule has 0 amide bonds. The molecule has 31 heavy (non-hydrogen) atoms. The van der Waals surface area contributed by atoms with Crippen LogP contribution in [0.15, 0.2) is 41.3 Å². The van der Waals surface area contributed by atoms with Crippen LogP contribution < -0.4 is 9.47 Å². The molecule has 3 rings (SSSR count). The van der Waals surface area contributed by atoms with Gasteiger partial charge in [0.2, 0.25) is 0 Å². The second-order valence-electron chi connectivity index (χ2n) is 10.1. The fraction of sp³-hybridized carbons (Fsp3) is 0.520. The molecule has 0 saturated carbocycles. The Morgan fingerprint density at radius 3 is 2.23 bits per heavy atom. The lowest BCUT2D eigenvalue weighted by Crippen LogP contribution is -2.40. The van der Waals surface area contributed by atoms with Crippen LogP contribution in [0.25, 0.3) is 0 Å². The van der Waals surface area contributed by atoms with E-state index >= 15 is 0 Å². The molecule has 170 valence electrons. The molecule has 1 aliphatic rings. The summed E-state index contributed by atoms with van der Waals surface area (Å²) in [4.78, 5) is 2.83. The highest BCUT2D eigenvalue weighted by atomic mass is 32.2. The van der Waals surface area contributed by atoms with Gasteiger partial charge in [0, 0.05) is 24.9 Å². The van der Waals surface area contributed by atoms with Crippen molar-refractivity contribution in [2.24, 2.45) is 0 Å². The van der Waals surface area contributed by atoms with Crippen LogP contribution in [0, 0.1) is 0 Å². The second-order valence-corrected chi connectivity index (χ2v) is 12.1. The summed E-state index contributed by atoms with van der Waals surface area (Å²) in [7, 11) is -1.51. The van der Waals surface area contributed by atoms with Gasteiger partial charge in [-0.15, -0.1) is 0 Å². The lowest BCUT2D eigenvalue weighted by Gasteiger charge is -2.35. The van der Waals surface area contributed by atoms with Crippen LogP contribution in [0.2, 0.25) is 0 Å². The molecule has 0 saturated heterocycles. The fourth-order valence-electron chi connectivity index (χ4n) is 3.92. The quantitative estimate of drug-likeness (QED) is 0.600. The maximum atomic E-state index is 11.9. The Hall–Kier alpha value is -2.05. The van der Waals surface area contributed by atoms with Gasteiger partial charge in [-0.1, -0.05) is 12.1 Å². The molecule has 2 aromatic rings. The number of ether oxygens (including phenoxy) is 2. The Morgan fingerprint density at radius 2 is 1.61 bits per heavy atom. The Bertz CT molecular complexity index is 1050. The minimum atomic E-state index is -3.19. The maximum absolute atomic E-state index is 11.9. The van der Waals surface area contributed by atoms with Gasteiger partial charge < -0.3 is 9.47 Å². The Kier molecular flexibility index (Phi) is 6.45. The van der Waals surface area contributed by atoms with Crippen LogP contribution in [-0.4, -0.2) is 37.8 Å². The van der Waals surface area contributed by atoms with E-state index in [-0.39, 0.29) is 11.1 Å². The normalized spacial score (nSPS) is 15.1. The molecule has 1 heterocycles. The Labute approximate surface area is 187 Å². The molecule has 0 radical (unpaired) electrons. The first-order chi connectivity index (χ1) is 14.3. The van der Waals surface area contributed by atoms with E-state index in [1.165, 1.54) is 17.4 Å². The summed E-state index contributed by atoms with van der Waals surface area (Å²) in [6.45, 7) is 12.2. The lowest BCUT2D eigenvalue weighted by atomic mass is 9.93. The van der Waals surface area contributed by atoms with Crippen LogP contribution in [-0.2, 0) is 29.3 Å². The number of fused-ring (bicyclic) bond motifs is 1. The largest absolute Gasteiger partial charge is 0.493 e. The van der Waals surface area contributed by atoms with Gasteiger partial charge in [-0.2, -0.15) is 0 Å². The molecule has 0 fully saturated rings. The van der Waals surface area contributed by atoms with Crippen LogP contribution in [0.1, 0.15) is 57.7 Å². The molecule has 0 aliphatic carbocycles. The third-order valence-corrected chi connectivity index (χ3v) is 6.96. The molecule has 0 N–H and O–H groups in total. The predicted octanol–water partition coefficient (Wildman–Crippen LogP) is 5.00. The molecular weight excluding hydrogens is 410 g/mol. The van der Waals surface area contributed by atoms with Gasteiger partial charge in [0.25, 0.3) is 0 Å². The van der Waals surface area contributed by atoms with Crippen molar-refractivity contribution >= 4 is 9.84 Å². The topological polar surface area (TPSA) is 55.8 Å². The second kappa shape index (κ2) is 8.47.